The van der Waals surface area contributed by atoms with Gasteiger partial charge in [-0.25, -0.2) is 4.68 Å². The summed E-state index contributed by atoms with van der Waals surface area (Å²) in [6.07, 6.45) is 9.51. The average molecular weight is 302 g/mol. The molecule has 0 unspecified atom stereocenters. The van der Waals surface area contributed by atoms with Gasteiger partial charge in [-0.15, -0.1) is 10.2 Å². The van der Waals surface area contributed by atoms with Gasteiger partial charge in [0.25, 0.3) is 0 Å². The molecule has 6 nitrogen and oxygen atoms in total. The van der Waals surface area contributed by atoms with Gasteiger partial charge in [-0.05, 0) is 30.2 Å². The first-order chi connectivity index (χ1) is 10.8. The van der Waals surface area contributed by atoms with E-state index in [0.717, 1.165) is 17.7 Å². The Morgan fingerprint density at radius 3 is 2.68 bits per heavy atom. The number of benzene rings is 1. The lowest BCUT2D eigenvalue weighted by Crippen LogP contribution is -2.00. The molecule has 0 aliphatic heterocycles. The maximum absolute atomic E-state index is 5.79. The Labute approximate surface area is 130 Å². The largest absolute Gasteiger partial charge is 0.493 e. The number of methoxy groups -OCH3 is 1. The van der Waals surface area contributed by atoms with E-state index in [0.29, 0.717) is 12.4 Å². The smallest absolute Gasteiger partial charge is 0.161 e. The highest BCUT2D eigenvalue weighted by Gasteiger charge is 2.05. The number of unbranched alkanes of at least 4 members (excludes halogenated alkanes) is 3. The van der Waals surface area contributed by atoms with Crippen LogP contribution in [0.4, 0.5) is 0 Å². The third-order valence-electron chi connectivity index (χ3n) is 3.19. The van der Waals surface area contributed by atoms with E-state index in [-0.39, 0.29) is 0 Å². The van der Waals surface area contributed by atoms with Crippen LogP contribution < -0.4 is 9.47 Å². The monoisotopic (exact) mass is 302 g/mol. The molecule has 0 N–H and O–H groups in total. The Hall–Kier alpha value is -2.37. The molecule has 0 aliphatic rings. The summed E-state index contributed by atoms with van der Waals surface area (Å²) in [6, 6.07) is 5.75. The van der Waals surface area contributed by atoms with E-state index < -0.39 is 0 Å². The molecule has 6 heteroatoms. The number of hydrogen-bond acceptors (Lipinski definition) is 5. The maximum Gasteiger partial charge on any atom is 0.161 e. The van der Waals surface area contributed by atoms with Crippen LogP contribution in [0, 0.1) is 0 Å². The molecule has 2 aromatic rings. The minimum absolute atomic E-state index is 0.711. The van der Waals surface area contributed by atoms with E-state index in [1.165, 1.54) is 36.6 Å². The van der Waals surface area contributed by atoms with Crippen molar-refractivity contribution < 1.29 is 9.47 Å². The normalized spacial score (nSPS) is 11.0. The first-order valence-electron chi connectivity index (χ1n) is 7.53. The summed E-state index contributed by atoms with van der Waals surface area (Å²) >= 11 is 0. The molecule has 1 aromatic heterocycles. The zero-order valence-corrected chi connectivity index (χ0v) is 13.1. The lowest BCUT2D eigenvalue weighted by atomic mass is 10.2. The van der Waals surface area contributed by atoms with Crippen molar-refractivity contribution in [1.29, 1.82) is 0 Å². The first kappa shape index (κ1) is 16.0. The number of nitrogens with zero attached hydrogens (tertiary/aromatic N) is 4. The summed E-state index contributed by atoms with van der Waals surface area (Å²) in [6.45, 7) is 2.91. The lowest BCUT2D eigenvalue weighted by molar-refractivity contribution is 0.285. The molecule has 0 atom stereocenters. The van der Waals surface area contributed by atoms with Crippen molar-refractivity contribution in [3.63, 3.8) is 0 Å². The Morgan fingerprint density at radius 2 is 1.95 bits per heavy atom. The number of hydrogen-bond donors (Lipinski definition) is 0. The van der Waals surface area contributed by atoms with Crippen LogP contribution in [0.1, 0.15) is 38.2 Å². The SMILES string of the molecule is CCCCCCOc1ccc(/C=N\n2cnnc2)cc1OC. The summed E-state index contributed by atoms with van der Waals surface area (Å²) in [5, 5.41) is 11.6. The molecule has 1 aromatic carbocycles. The Kier molecular flexibility index (Phi) is 6.41. The highest BCUT2D eigenvalue weighted by atomic mass is 16.5. The molecule has 22 heavy (non-hydrogen) atoms. The van der Waals surface area contributed by atoms with E-state index in [9.17, 15) is 0 Å². The molecule has 0 saturated carbocycles. The van der Waals surface area contributed by atoms with E-state index in [1.807, 2.05) is 18.2 Å². The zero-order valence-electron chi connectivity index (χ0n) is 13.1. The molecule has 0 radical (unpaired) electrons. The molecule has 0 spiro atoms. The molecule has 1 heterocycles. The Morgan fingerprint density at radius 1 is 1.14 bits per heavy atom. The molecule has 2 rings (SSSR count). The Balaban J connectivity index is 1.95. The van der Waals surface area contributed by atoms with Crippen LogP contribution in [0.15, 0.2) is 36.0 Å². The van der Waals surface area contributed by atoms with Gasteiger partial charge in [0.1, 0.15) is 12.7 Å². The van der Waals surface area contributed by atoms with Crippen LogP contribution in [0.2, 0.25) is 0 Å². The van der Waals surface area contributed by atoms with E-state index >= 15 is 0 Å². The fourth-order valence-corrected chi connectivity index (χ4v) is 1.98. The third-order valence-corrected chi connectivity index (χ3v) is 3.19. The summed E-state index contributed by atoms with van der Waals surface area (Å²) in [4.78, 5) is 0. The fraction of sp³-hybridized carbons (Fsp3) is 0.438. The standard InChI is InChI=1S/C16H22N4O2/c1-3-4-5-6-9-22-15-8-7-14(10-16(15)21-2)11-19-20-12-17-18-13-20/h7-8,10-13H,3-6,9H2,1-2H3/b19-11-. The van der Waals surface area contributed by atoms with E-state index in [2.05, 4.69) is 22.2 Å². The van der Waals surface area contributed by atoms with Gasteiger partial charge in [-0.3, -0.25) is 0 Å². The van der Waals surface area contributed by atoms with Crippen LogP contribution in [-0.4, -0.2) is 34.8 Å². The fourth-order valence-electron chi connectivity index (χ4n) is 1.98. The van der Waals surface area contributed by atoms with Gasteiger partial charge in [-0.1, -0.05) is 26.2 Å². The molecule has 0 fully saturated rings. The van der Waals surface area contributed by atoms with Gasteiger partial charge in [0.05, 0.1) is 19.9 Å². The van der Waals surface area contributed by atoms with Gasteiger partial charge in [-0.2, -0.15) is 5.10 Å². The second kappa shape index (κ2) is 8.81. The molecular formula is C16H22N4O2. The molecule has 0 saturated heterocycles. The van der Waals surface area contributed by atoms with Gasteiger partial charge < -0.3 is 9.47 Å². The van der Waals surface area contributed by atoms with Crippen molar-refractivity contribution in [3.8, 4) is 11.5 Å². The number of aromatic nitrogens is 3. The highest BCUT2D eigenvalue weighted by Crippen LogP contribution is 2.27. The van der Waals surface area contributed by atoms with Crippen LogP contribution in [0.25, 0.3) is 0 Å². The number of ether oxygens (including phenoxy) is 2. The van der Waals surface area contributed by atoms with Crippen LogP contribution in [0.5, 0.6) is 11.5 Å². The summed E-state index contributed by atoms with van der Waals surface area (Å²) in [5.74, 6) is 1.48. The predicted octanol–water partition coefficient (Wildman–Crippen LogP) is 3.13. The number of rotatable bonds is 9. The van der Waals surface area contributed by atoms with Crippen molar-refractivity contribution in [1.82, 2.24) is 14.9 Å². The maximum atomic E-state index is 5.79. The molecule has 0 bridgehead atoms. The predicted molar refractivity (Wildman–Crippen MR) is 85.6 cm³/mol. The first-order valence-corrected chi connectivity index (χ1v) is 7.53. The van der Waals surface area contributed by atoms with Crippen molar-refractivity contribution in [3.05, 3.63) is 36.4 Å². The zero-order chi connectivity index (χ0) is 15.6. The molecular weight excluding hydrogens is 280 g/mol. The Bertz CT molecular complexity index is 582. The topological polar surface area (TPSA) is 61.5 Å². The lowest BCUT2D eigenvalue weighted by Gasteiger charge is -2.11. The van der Waals surface area contributed by atoms with Gasteiger partial charge in [0.2, 0.25) is 0 Å². The van der Waals surface area contributed by atoms with Crippen molar-refractivity contribution in [2.24, 2.45) is 5.10 Å². The molecule has 118 valence electrons. The summed E-state index contributed by atoms with van der Waals surface area (Å²) < 4.78 is 12.7. The second-order valence-electron chi connectivity index (χ2n) is 4.91. The van der Waals surface area contributed by atoms with Gasteiger partial charge >= 0.3 is 0 Å². The second-order valence-corrected chi connectivity index (χ2v) is 4.91. The van der Waals surface area contributed by atoms with Gasteiger partial charge in [0, 0.05) is 0 Å². The van der Waals surface area contributed by atoms with Crippen molar-refractivity contribution in [2.75, 3.05) is 13.7 Å². The summed E-state index contributed by atoms with van der Waals surface area (Å²) in [5.41, 5.74) is 0.920. The third kappa shape index (κ3) is 4.87. The quantitative estimate of drug-likeness (QED) is 0.527. The minimum atomic E-state index is 0.711. The van der Waals surface area contributed by atoms with Crippen molar-refractivity contribution in [2.45, 2.75) is 32.6 Å². The van der Waals surface area contributed by atoms with Crippen LogP contribution >= 0.6 is 0 Å². The summed E-state index contributed by atoms with van der Waals surface area (Å²) in [7, 11) is 1.64. The van der Waals surface area contributed by atoms with Crippen LogP contribution in [-0.2, 0) is 0 Å². The van der Waals surface area contributed by atoms with Crippen LogP contribution in [0.3, 0.4) is 0 Å². The minimum Gasteiger partial charge on any atom is -0.493 e. The van der Waals surface area contributed by atoms with E-state index in [1.54, 1.807) is 13.3 Å². The molecule has 0 amide bonds. The molecule has 0 aliphatic carbocycles. The average Bonchev–Trinajstić information content (AvgIpc) is 3.06. The highest BCUT2D eigenvalue weighted by molar-refractivity contribution is 5.80. The van der Waals surface area contributed by atoms with Gasteiger partial charge in [0.15, 0.2) is 11.5 Å². The van der Waals surface area contributed by atoms with E-state index in [4.69, 9.17) is 9.47 Å². The van der Waals surface area contributed by atoms with Crippen molar-refractivity contribution >= 4 is 6.21 Å².